The van der Waals surface area contributed by atoms with Gasteiger partial charge in [0.1, 0.15) is 17.0 Å². The lowest BCUT2D eigenvalue weighted by atomic mass is 9.96. The van der Waals surface area contributed by atoms with Crippen LogP contribution in [0.15, 0.2) is 16.8 Å². The van der Waals surface area contributed by atoms with Crippen LogP contribution in [0.5, 0.6) is 0 Å². The number of hydrogen-bond acceptors (Lipinski definition) is 6. The van der Waals surface area contributed by atoms with Crippen LogP contribution >= 0.6 is 0 Å². The summed E-state index contributed by atoms with van der Waals surface area (Å²) >= 11 is 0. The fourth-order valence-corrected chi connectivity index (χ4v) is 1.91. The summed E-state index contributed by atoms with van der Waals surface area (Å²) in [5.74, 6) is 1.97. The Morgan fingerprint density at radius 3 is 2.67 bits per heavy atom. The van der Waals surface area contributed by atoms with Gasteiger partial charge in [-0.3, -0.25) is 0 Å². The molecule has 0 unspecified atom stereocenters. The summed E-state index contributed by atoms with van der Waals surface area (Å²) in [6.45, 7) is 8.03. The molecule has 3 aromatic heterocycles. The average molecular weight is 286 g/mol. The summed E-state index contributed by atoms with van der Waals surface area (Å²) in [5.41, 5.74) is 7.64. The molecule has 110 valence electrons. The van der Waals surface area contributed by atoms with Gasteiger partial charge in [0.2, 0.25) is 0 Å². The second-order valence-corrected chi connectivity index (χ2v) is 6.17. The van der Waals surface area contributed by atoms with Gasteiger partial charge in [-0.05, 0) is 6.92 Å². The number of hydrogen-bond donors (Lipinski definition) is 2. The molecular weight excluding hydrogens is 268 g/mol. The molecule has 0 aliphatic rings. The van der Waals surface area contributed by atoms with Gasteiger partial charge in [-0.25, -0.2) is 15.0 Å². The molecule has 7 heteroatoms. The summed E-state index contributed by atoms with van der Waals surface area (Å²) in [6, 6.07) is 1.57. The third kappa shape index (κ3) is 2.52. The third-order valence-corrected chi connectivity index (χ3v) is 3.13. The van der Waals surface area contributed by atoms with Crippen LogP contribution in [0.25, 0.3) is 22.7 Å². The van der Waals surface area contributed by atoms with Crippen LogP contribution in [0.4, 0.5) is 0 Å². The lowest BCUT2D eigenvalue weighted by Gasteiger charge is -2.15. The van der Waals surface area contributed by atoms with Crippen molar-refractivity contribution in [2.45, 2.75) is 39.2 Å². The molecule has 1 atom stereocenters. The number of nitrogens with zero attached hydrogens (tertiary/aromatic N) is 4. The Morgan fingerprint density at radius 2 is 2.05 bits per heavy atom. The first-order chi connectivity index (χ1) is 9.84. The fraction of sp³-hybridized carbons (Fsp3) is 0.429. The highest BCUT2D eigenvalue weighted by Gasteiger charge is 2.19. The van der Waals surface area contributed by atoms with Crippen LogP contribution in [0.2, 0.25) is 0 Å². The number of H-pyrrole nitrogens is 1. The molecule has 7 nitrogen and oxygen atoms in total. The SMILES string of the molecule is C[C@@H](N)c1cc(-c2nc3nc(C(C)(C)C)ncc3[nH]2)no1. The first-order valence-electron chi connectivity index (χ1n) is 6.80. The maximum absolute atomic E-state index is 5.76. The molecule has 21 heavy (non-hydrogen) atoms. The minimum atomic E-state index is -0.206. The van der Waals surface area contributed by atoms with Crippen LogP contribution < -0.4 is 5.73 Å². The molecule has 3 heterocycles. The first kappa shape index (κ1) is 13.7. The number of fused-ring (bicyclic) bond motifs is 1. The maximum atomic E-state index is 5.76. The smallest absolute Gasteiger partial charge is 0.181 e. The van der Waals surface area contributed by atoms with Gasteiger partial charge in [-0.1, -0.05) is 25.9 Å². The molecule has 0 bridgehead atoms. The second-order valence-electron chi connectivity index (χ2n) is 6.17. The molecule has 0 aromatic carbocycles. The lowest BCUT2D eigenvalue weighted by Crippen LogP contribution is -2.15. The van der Waals surface area contributed by atoms with Crippen LogP contribution in [0, 0.1) is 0 Å². The summed E-state index contributed by atoms with van der Waals surface area (Å²) in [6.07, 6.45) is 1.74. The van der Waals surface area contributed by atoms with Gasteiger partial charge in [-0.15, -0.1) is 0 Å². The summed E-state index contributed by atoms with van der Waals surface area (Å²) in [4.78, 5) is 16.5. The molecule has 0 aliphatic carbocycles. The maximum Gasteiger partial charge on any atom is 0.181 e. The minimum Gasteiger partial charge on any atom is -0.359 e. The van der Waals surface area contributed by atoms with E-state index in [9.17, 15) is 0 Å². The molecule has 0 saturated heterocycles. The normalized spacial score (nSPS) is 13.8. The van der Waals surface area contributed by atoms with E-state index in [-0.39, 0.29) is 11.5 Å². The molecule has 3 aromatic rings. The summed E-state index contributed by atoms with van der Waals surface area (Å²) in [7, 11) is 0. The molecule has 0 saturated carbocycles. The highest BCUT2D eigenvalue weighted by molar-refractivity contribution is 5.74. The third-order valence-electron chi connectivity index (χ3n) is 3.13. The number of aromatic amines is 1. The van der Waals surface area contributed by atoms with E-state index in [0.29, 0.717) is 22.9 Å². The van der Waals surface area contributed by atoms with Gasteiger partial charge >= 0.3 is 0 Å². The molecule has 0 amide bonds. The molecule has 0 radical (unpaired) electrons. The van der Waals surface area contributed by atoms with Crippen molar-refractivity contribution in [3.8, 4) is 11.5 Å². The van der Waals surface area contributed by atoms with Gasteiger partial charge in [0, 0.05) is 11.5 Å². The zero-order valence-corrected chi connectivity index (χ0v) is 12.5. The Labute approximate surface area is 122 Å². The van der Waals surface area contributed by atoms with Crippen LogP contribution in [-0.2, 0) is 5.41 Å². The monoisotopic (exact) mass is 286 g/mol. The number of rotatable bonds is 2. The standard InChI is InChI=1S/C14H18N6O/c1-7(15)10-5-8(20-21-10)11-17-9-6-16-13(14(2,3)4)19-12(9)18-11/h5-7H,15H2,1-4H3,(H,16,17,18,19)/t7-/m1/s1. The number of nitrogens with two attached hydrogens (primary N) is 1. The van der Waals surface area contributed by atoms with Crippen LogP contribution in [0.3, 0.4) is 0 Å². The van der Waals surface area contributed by atoms with E-state index in [1.54, 1.807) is 12.3 Å². The first-order valence-corrected chi connectivity index (χ1v) is 6.80. The zero-order chi connectivity index (χ0) is 15.2. The van der Waals surface area contributed by atoms with Crippen molar-refractivity contribution in [3.63, 3.8) is 0 Å². The van der Waals surface area contributed by atoms with Crippen molar-refractivity contribution in [1.82, 2.24) is 25.1 Å². The number of nitrogens with one attached hydrogen (secondary N) is 1. The van der Waals surface area contributed by atoms with Crippen molar-refractivity contribution in [1.29, 1.82) is 0 Å². The highest BCUT2D eigenvalue weighted by Crippen LogP contribution is 2.23. The van der Waals surface area contributed by atoms with Crippen molar-refractivity contribution in [2.75, 3.05) is 0 Å². The van der Waals surface area contributed by atoms with Crippen molar-refractivity contribution < 1.29 is 4.52 Å². The van der Waals surface area contributed by atoms with E-state index in [1.807, 2.05) is 6.92 Å². The predicted molar refractivity (Wildman–Crippen MR) is 78.5 cm³/mol. The predicted octanol–water partition coefficient (Wildman–Crippen LogP) is 2.33. The highest BCUT2D eigenvalue weighted by atomic mass is 16.5. The van der Waals surface area contributed by atoms with E-state index < -0.39 is 0 Å². The molecular formula is C14H18N6O. The number of aromatic nitrogens is 5. The van der Waals surface area contributed by atoms with Crippen molar-refractivity contribution in [3.05, 3.63) is 23.8 Å². The van der Waals surface area contributed by atoms with Gasteiger partial charge in [0.25, 0.3) is 0 Å². The summed E-state index contributed by atoms with van der Waals surface area (Å²) < 4.78 is 5.18. The molecule has 3 rings (SSSR count). The quantitative estimate of drug-likeness (QED) is 0.748. The lowest BCUT2D eigenvalue weighted by molar-refractivity contribution is 0.369. The number of imidazole rings is 1. The Morgan fingerprint density at radius 1 is 1.29 bits per heavy atom. The Bertz CT molecular complexity index is 780. The van der Waals surface area contributed by atoms with Gasteiger partial charge in [0.15, 0.2) is 17.2 Å². The van der Waals surface area contributed by atoms with Crippen LogP contribution in [0.1, 0.15) is 45.3 Å². The Kier molecular flexibility index (Phi) is 3.02. The van der Waals surface area contributed by atoms with E-state index >= 15 is 0 Å². The molecule has 3 N–H and O–H groups in total. The topological polar surface area (TPSA) is 107 Å². The second kappa shape index (κ2) is 4.63. The van der Waals surface area contributed by atoms with Crippen molar-refractivity contribution >= 4 is 11.2 Å². The van der Waals surface area contributed by atoms with E-state index in [0.717, 1.165) is 11.3 Å². The Hall–Kier alpha value is -2.28. The average Bonchev–Trinajstić information content (AvgIpc) is 3.03. The van der Waals surface area contributed by atoms with Gasteiger partial charge in [-0.2, -0.15) is 0 Å². The van der Waals surface area contributed by atoms with Gasteiger partial charge in [0.05, 0.1) is 12.2 Å². The molecule has 0 fully saturated rings. The molecule has 0 spiro atoms. The van der Waals surface area contributed by atoms with E-state index in [4.69, 9.17) is 10.3 Å². The minimum absolute atomic E-state index is 0.122. The fourth-order valence-electron chi connectivity index (χ4n) is 1.91. The summed E-state index contributed by atoms with van der Waals surface area (Å²) in [5, 5.41) is 3.98. The van der Waals surface area contributed by atoms with E-state index in [1.165, 1.54) is 0 Å². The van der Waals surface area contributed by atoms with E-state index in [2.05, 4.69) is 45.9 Å². The van der Waals surface area contributed by atoms with Gasteiger partial charge < -0.3 is 15.2 Å². The zero-order valence-electron chi connectivity index (χ0n) is 12.5. The van der Waals surface area contributed by atoms with Crippen LogP contribution in [-0.4, -0.2) is 25.1 Å². The Balaban J connectivity index is 2.04. The molecule has 0 aliphatic heterocycles. The largest absolute Gasteiger partial charge is 0.359 e. The van der Waals surface area contributed by atoms with Crippen molar-refractivity contribution in [2.24, 2.45) is 5.73 Å².